The van der Waals surface area contributed by atoms with Gasteiger partial charge in [0.1, 0.15) is 17.5 Å². The molecule has 0 radical (unpaired) electrons. The third kappa shape index (κ3) is 4.65. The molecule has 1 heterocycles. The number of hydrogen-bond donors (Lipinski definition) is 1. The molecule has 0 aliphatic carbocycles. The summed E-state index contributed by atoms with van der Waals surface area (Å²) < 4.78 is 10.6. The van der Waals surface area contributed by atoms with Crippen molar-refractivity contribution in [1.82, 2.24) is 10.2 Å². The molecule has 138 valence electrons. The number of amides is 2. The lowest BCUT2D eigenvalue weighted by Crippen LogP contribution is -2.50. The van der Waals surface area contributed by atoms with Crippen molar-refractivity contribution in [2.24, 2.45) is 5.92 Å². The van der Waals surface area contributed by atoms with Crippen LogP contribution in [0.5, 0.6) is 11.5 Å². The lowest BCUT2D eigenvalue weighted by atomic mass is 10.0. The number of ether oxygens (including phenoxy) is 2. The highest BCUT2D eigenvalue weighted by molar-refractivity contribution is 5.88. The Morgan fingerprint density at radius 3 is 2.60 bits per heavy atom. The smallest absolute Gasteiger partial charge is 0.243 e. The van der Waals surface area contributed by atoms with E-state index < -0.39 is 6.04 Å². The van der Waals surface area contributed by atoms with E-state index in [2.05, 4.69) is 5.32 Å². The van der Waals surface area contributed by atoms with Crippen LogP contribution >= 0.6 is 0 Å². The van der Waals surface area contributed by atoms with E-state index in [0.717, 1.165) is 23.5 Å². The molecule has 1 atom stereocenters. The minimum atomic E-state index is -0.396. The highest BCUT2D eigenvalue weighted by Gasteiger charge is 2.34. The molecular weight excluding hydrogens is 320 g/mol. The Morgan fingerprint density at radius 2 is 2.04 bits per heavy atom. The van der Waals surface area contributed by atoms with Crippen LogP contribution in [0.3, 0.4) is 0 Å². The third-order valence-corrected chi connectivity index (χ3v) is 4.53. The van der Waals surface area contributed by atoms with Gasteiger partial charge in [0.25, 0.3) is 0 Å². The van der Waals surface area contributed by atoms with Gasteiger partial charge in [0.15, 0.2) is 0 Å². The standard InChI is InChI=1S/C19H28N2O4/c1-13(2)18(21-11-5-6-17(21)22)19(23)20-10-9-14-7-8-15(24-3)12-16(14)25-4/h7-8,12-13,18H,5-6,9-11H2,1-4H3,(H,20,23). The molecule has 0 bridgehead atoms. The first-order valence-corrected chi connectivity index (χ1v) is 8.76. The third-order valence-electron chi connectivity index (χ3n) is 4.53. The van der Waals surface area contributed by atoms with Gasteiger partial charge in [-0.1, -0.05) is 19.9 Å². The van der Waals surface area contributed by atoms with Crippen molar-refractivity contribution in [3.8, 4) is 11.5 Å². The van der Waals surface area contributed by atoms with E-state index >= 15 is 0 Å². The molecule has 2 rings (SSSR count). The Hall–Kier alpha value is -2.24. The van der Waals surface area contributed by atoms with E-state index in [1.54, 1.807) is 19.1 Å². The van der Waals surface area contributed by atoms with Gasteiger partial charge >= 0.3 is 0 Å². The molecule has 1 aliphatic heterocycles. The number of likely N-dealkylation sites (tertiary alicyclic amines) is 1. The van der Waals surface area contributed by atoms with Gasteiger partial charge in [-0.2, -0.15) is 0 Å². The average molecular weight is 348 g/mol. The fraction of sp³-hybridized carbons (Fsp3) is 0.579. The van der Waals surface area contributed by atoms with Gasteiger partial charge in [0, 0.05) is 25.6 Å². The van der Waals surface area contributed by atoms with Crippen LogP contribution in [0.25, 0.3) is 0 Å². The Bertz CT molecular complexity index is 615. The first-order valence-electron chi connectivity index (χ1n) is 8.76. The molecule has 6 nitrogen and oxygen atoms in total. The highest BCUT2D eigenvalue weighted by Crippen LogP contribution is 2.25. The van der Waals surface area contributed by atoms with Gasteiger partial charge in [0.2, 0.25) is 11.8 Å². The summed E-state index contributed by atoms with van der Waals surface area (Å²) in [6, 6.07) is 5.25. The Morgan fingerprint density at radius 1 is 1.28 bits per heavy atom. The van der Waals surface area contributed by atoms with Crippen molar-refractivity contribution in [3.05, 3.63) is 23.8 Å². The van der Waals surface area contributed by atoms with E-state index in [1.165, 1.54) is 0 Å². The molecular formula is C19H28N2O4. The number of methoxy groups -OCH3 is 2. The predicted molar refractivity (Wildman–Crippen MR) is 95.8 cm³/mol. The molecule has 0 spiro atoms. The van der Waals surface area contributed by atoms with Crippen LogP contribution in [0.15, 0.2) is 18.2 Å². The Labute approximate surface area is 149 Å². The summed E-state index contributed by atoms with van der Waals surface area (Å²) >= 11 is 0. The molecule has 1 saturated heterocycles. The molecule has 2 amide bonds. The van der Waals surface area contributed by atoms with Crippen molar-refractivity contribution >= 4 is 11.8 Å². The maximum atomic E-state index is 12.6. The van der Waals surface area contributed by atoms with Gasteiger partial charge in [-0.05, 0) is 30.4 Å². The number of nitrogens with one attached hydrogen (secondary N) is 1. The van der Waals surface area contributed by atoms with E-state index in [4.69, 9.17) is 9.47 Å². The quantitative estimate of drug-likeness (QED) is 0.780. The lowest BCUT2D eigenvalue weighted by Gasteiger charge is -2.29. The number of hydrogen-bond acceptors (Lipinski definition) is 4. The van der Waals surface area contributed by atoms with Gasteiger partial charge in [0.05, 0.1) is 14.2 Å². The fourth-order valence-corrected chi connectivity index (χ4v) is 3.25. The predicted octanol–water partition coefficient (Wildman–Crippen LogP) is 2.01. The monoisotopic (exact) mass is 348 g/mol. The largest absolute Gasteiger partial charge is 0.497 e. The molecule has 1 fully saturated rings. The van der Waals surface area contributed by atoms with Crippen LogP contribution in [-0.2, 0) is 16.0 Å². The van der Waals surface area contributed by atoms with E-state index in [1.807, 2.05) is 32.0 Å². The molecule has 1 aliphatic rings. The molecule has 6 heteroatoms. The van der Waals surface area contributed by atoms with Crippen molar-refractivity contribution < 1.29 is 19.1 Å². The summed E-state index contributed by atoms with van der Waals surface area (Å²) in [7, 11) is 3.23. The molecule has 1 aromatic rings. The molecule has 1 unspecified atom stereocenters. The summed E-state index contributed by atoms with van der Waals surface area (Å²) in [6.45, 7) is 5.11. The Balaban J connectivity index is 1.96. The fourth-order valence-electron chi connectivity index (χ4n) is 3.25. The van der Waals surface area contributed by atoms with Crippen LogP contribution in [0.1, 0.15) is 32.3 Å². The SMILES string of the molecule is COc1ccc(CCNC(=O)C(C(C)C)N2CCCC2=O)c(OC)c1. The van der Waals surface area contributed by atoms with Crippen molar-refractivity contribution in [1.29, 1.82) is 0 Å². The number of carbonyl (C=O) groups is 2. The summed E-state index contributed by atoms with van der Waals surface area (Å²) in [6.07, 6.45) is 2.02. The topological polar surface area (TPSA) is 67.9 Å². The first kappa shape index (κ1) is 19.1. The van der Waals surface area contributed by atoms with Gasteiger partial charge in [-0.15, -0.1) is 0 Å². The van der Waals surface area contributed by atoms with Gasteiger partial charge in [-0.3, -0.25) is 9.59 Å². The van der Waals surface area contributed by atoms with Crippen LogP contribution in [0.2, 0.25) is 0 Å². The first-order chi connectivity index (χ1) is 12.0. The van der Waals surface area contributed by atoms with Crippen LogP contribution in [0.4, 0.5) is 0 Å². The molecule has 0 aromatic heterocycles. The van der Waals surface area contributed by atoms with E-state index in [0.29, 0.717) is 25.9 Å². The molecule has 0 saturated carbocycles. The van der Waals surface area contributed by atoms with Crippen LogP contribution in [0, 0.1) is 5.92 Å². The van der Waals surface area contributed by atoms with Crippen molar-refractivity contribution in [2.45, 2.75) is 39.2 Å². The second-order valence-electron chi connectivity index (χ2n) is 6.60. The molecule has 1 aromatic carbocycles. The minimum absolute atomic E-state index is 0.0747. The zero-order chi connectivity index (χ0) is 18.4. The second-order valence-corrected chi connectivity index (χ2v) is 6.60. The van der Waals surface area contributed by atoms with E-state index in [9.17, 15) is 9.59 Å². The summed E-state index contributed by atoms with van der Waals surface area (Å²) in [4.78, 5) is 26.3. The molecule has 1 N–H and O–H groups in total. The summed E-state index contributed by atoms with van der Waals surface area (Å²) in [5.41, 5.74) is 1.00. The van der Waals surface area contributed by atoms with Gasteiger partial charge in [-0.25, -0.2) is 0 Å². The number of rotatable bonds is 8. The lowest BCUT2D eigenvalue weighted by molar-refractivity contribution is -0.139. The summed E-state index contributed by atoms with van der Waals surface area (Å²) in [5.74, 6) is 1.54. The maximum Gasteiger partial charge on any atom is 0.243 e. The van der Waals surface area contributed by atoms with Crippen LogP contribution < -0.4 is 14.8 Å². The number of benzene rings is 1. The molecule has 25 heavy (non-hydrogen) atoms. The van der Waals surface area contributed by atoms with Crippen molar-refractivity contribution in [3.63, 3.8) is 0 Å². The number of nitrogens with zero attached hydrogens (tertiary/aromatic N) is 1. The zero-order valence-corrected chi connectivity index (χ0v) is 15.5. The summed E-state index contributed by atoms with van der Waals surface area (Å²) in [5, 5.41) is 2.97. The van der Waals surface area contributed by atoms with Crippen LogP contribution in [-0.4, -0.2) is 50.1 Å². The zero-order valence-electron chi connectivity index (χ0n) is 15.5. The van der Waals surface area contributed by atoms with Crippen molar-refractivity contribution in [2.75, 3.05) is 27.3 Å². The van der Waals surface area contributed by atoms with E-state index in [-0.39, 0.29) is 17.7 Å². The minimum Gasteiger partial charge on any atom is -0.497 e. The maximum absolute atomic E-state index is 12.6. The number of carbonyl (C=O) groups excluding carboxylic acids is 2. The average Bonchev–Trinajstić information content (AvgIpc) is 3.00. The van der Waals surface area contributed by atoms with Gasteiger partial charge < -0.3 is 19.7 Å². The normalized spacial score (nSPS) is 15.4. The highest BCUT2D eigenvalue weighted by atomic mass is 16.5. The second kappa shape index (κ2) is 8.74. The Kier molecular flexibility index (Phi) is 6.67.